The highest BCUT2D eigenvalue weighted by atomic mass is 35.5. The normalized spacial score (nSPS) is 11.5. The third kappa shape index (κ3) is 4.28. The summed E-state index contributed by atoms with van der Waals surface area (Å²) < 4.78 is 26.0. The molecule has 0 saturated heterocycles. The molecule has 1 amide bonds. The van der Waals surface area contributed by atoms with Crippen LogP contribution in [0.2, 0.25) is 5.02 Å². The number of carbonyl (C=O) groups excluding carboxylic acids is 1. The van der Waals surface area contributed by atoms with Crippen molar-refractivity contribution in [2.75, 3.05) is 16.3 Å². The molecule has 0 aliphatic heterocycles. The quantitative estimate of drug-likeness (QED) is 0.701. The lowest BCUT2D eigenvalue weighted by Gasteiger charge is -2.09. The van der Waals surface area contributed by atoms with Crippen molar-refractivity contribution in [2.24, 2.45) is 0 Å². The van der Waals surface area contributed by atoms with Crippen molar-refractivity contribution >= 4 is 60.3 Å². The van der Waals surface area contributed by atoms with Gasteiger partial charge < -0.3 is 5.32 Å². The molecule has 0 fully saturated rings. The van der Waals surface area contributed by atoms with Crippen LogP contribution in [0.25, 0.3) is 10.1 Å². The van der Waals surface area contributed by atoms with Crippen LogP contribution in [-0.4, -0.2) is 25.6 Å². The predicted molar refractivity (Wildman–Crippen MR) is 102 cm³/mol. The second kappa shape index (κ2) is 6.62. The largest absolute Gasteiger partial charge is 0.321 e. The van der Waals surface area contributed by atoms with Gasteiger partial charge in [-0.1, -0.05) is 11.6 Å². The van der Waals surface area contributed by atoms with Gasteiger partial charge in [0, 0.05) is 33.2 Å². The summed E-state index contributed by atoms with van der Waals surface area (Å²) in [7, 11) is -3.44. The first-order valence-electron chi connectivity index (χ1n) is 7.15. The number of aromatic nitrogens is 1. The van der Waals surface area contributed by atoms with Crippen molar-refractivity contribution < 1.29 is 13.2 Å². The van der Waals surface area contributed by atoms with E-state index in [4.69, 9.17) is 11.6 Å². The summed E-state index contributed by atoms with van der Waals surface area (Å²) in [5.74, 6) is -0.298. The first-order valence-corrected chi connectivity index (χ1v) is 10.2. The Balaban J connectivity index is 1.88. The second-order valence-electron chi connectivity index (χ2n) is 5.54. The third-order valence-electron chi connectivity index (χ3n) is 3.28. The van der Waals surface area contributed by atoms with E-state index in [-0.39, 0.29) is 11.6 Å². The Bertz CT molecular complexity index is 1080. The van der Waals surface area contributed by atoms with E-state index < -0.39 is 10.0 Å². The topological polar surface area (TPSA) is 88.2 Å². The maximum Gasteiger partial charge on any atom is 0.265 e. The summed E-state index contributed by atoms with van der Waals surface area (Å²) in [5.41, 5.74) is 1.68. The number of benzene rings is 1. The number of nitrogens with zero attached hydrogens (tertiary/aromatic N) is 1. The molecule has 1 aromatic carbocycles. The van der Waals surface area contributed by atoms with Crippen LogP contribution in [0, 0.1) is 6.92 Å². The molecule has 0 atom stereocenters. The summed E-state index contributed by atoms with van der Waals surface area (Å²) in [5, 5.41) is 3.95. The fraction of sp³-hybridized carbons (Fsp3) is 0.125. The number of sulfonamides is 1. The van der Waals surface area contributed by atoms with Crippen LogP contribution < -0.4 is 10.0 Å². The smallest absolute Gasteiger partial charge is 0.265 e. The molecule has 0 aliphatic carbocycles. The molecule has 6 nitrogen and oxygen atoms in total. The van der Waals surface area contributed by atoms with E-state index in [9.17, 15) is 13.2 Å². The van der Waals surface area contributed by atoms with E-state index in [1.54, 1.807) is 24.5 Å². The Hall–Kier alpha value is -2.16. The summed E-state index contributed by atoms with van der Waals surface area (Å²) in [6.07, 6.45) is 4.50. The van der Waals surface area contributed by atoms with Crippen LogP contribution >= 0.6 is 22.9 Å². The SMILES string of the molecule is Cc1cncc2cc(C(=O)Nc3cc(Cl)cc(NS(C)(=O)=O)c3)sc12. The van der Waals surface area contributed by atoms with Gasteiger partial charge in [-0.3, -0.25) is 14.5 Å². The predicted octanol–water partition coefficient (Wildman–Crippen LogP) is 3.88. The zero-order valence-electron chi connectivity index (χ0n) is 13.3. The Labute approximate surface area is 153 Å². The van der Waals surface area contributed by atoms with Crippen LogP contribution in [0.4, 0.5) is 11.4 Å². The number of amides is 1. The van der Waals surface area contributed by atoms with Crippen molar-refractivity contribution in [3.05, 3.63) is 52.1 Å². The lowest BCUT2D eigenvalue weighted by atomic mass is 10.2. The molecular formula is C16H14ClN3O3S2. The fourth-order valence-corrected chi connectivity index (χ4v) is 4.11. The van der Waals surface area contributed by atoms with Gasteiger partial charge in [-0.25, -0.2) is 8.42 Å². The van der Waals surface area contributed by atoms with Gasteiger partial charge in [0.15, 0.2) is 0 Å². The number of anilines is 2. The molecule has 9 heteroatoms. The van der Waals surface area contributed by atoms with E-state index in [0.717, 1.165) is 21.9 Å². The fourth-order valence-electron chi connectivity index (χ4n) is 2.34. The number of nitrogens with one attached hydrogen (secondary N) is 2. The van der Waals surface area contributed by atoms with E-state index in [1.165, 1.54) is 23.5 Å². The van der Waals surface area contributed by atoms with Gasteiger partial charge in [-0.15, -0.1) is 11.3 Å². The number of halogens is 1. The van der Waals surface area contributed by atoms with E-state index >= 15 is 0 Å². The Morgan fingerprint density at radius 1 is 1.16 bits per heavy atom. The summed E-state index contributed by atoms with van der Waals surface area (Å²) in [6.45, 7) is 1.94. The number of fused-ring (bicyclic) bond motifs is 1. The molecule has 3 rings (SSSR count). The van der Waals surface area contributed by atoms with Gasteiger partial charge in [0.1, 0.15) is 0 Å². The maximum absolute atomic E-state index is 12.5. The molecule has 0 saturated carbocycles. The van der Waals surface area contributed by atoms with E-state index in [0.29, 0.717) is 15.6 Å². The molecule has 0 spiro atoms. The van der Waals surface area contributed by atoms with Crippen LogP contribution in [0.3, 0.4) is 0 Å². The number of aryl methyl sites for hydroxylation is 1. The van der Waals surface area contributed by atoms with Crippen molar-refractivity contribution in [1.29, 1.82) is 0 Å². The molecular weight excluding hydrogens is 382 g/mol. The van der Waals surface area contributed by atoms with Gasteiger partial charge in [0.25, 0.3) is 5.91 Å². The average molecular weight is 396 g/mol. The lowest BCUT2D eigenvalue weighted by Crippen LogP contribution is -2.12. The minimum atomic E-state index is -3.44. The molecule has 3 aromatic rings. The van der Waals surface area contributed by atoms with Gasteiger partial charge in [-0.05, 0) is 36.8 Å². The van der Waals surface area contributed by atoms with Crippen LogP contribution in [0.15, 0.2) is 36.7 Å². The molecule has 0 unspecified atom stereocenters. The first-order chi connectivity index (χ1) is 11.7. The molecule has 0 aliphatic rings. The standard InChI is InChI=1S/C16H14ClN3O3S2/c1-9-7-18-8-10-3-14(24-15(9)10)16(21)19-12-4-11(17)5-13(6-12)20-25(2,22)23/h3-8,20H,1-2H3,(H,19,21). The number of thiophene rings is 1. The summed E-state index contributed by atoms with van der Waals surface area (Å²) in [4.78, 5) is 17.1. The molecule has 130 valence electrons. The monoisotopic (exact) mass is 395 g/mol. The van der Waals surface area contributed by atoms with Gasteiger partial charge in [0.2, 0.25) is 10.0 Å². The van der Waals surface area contributed by atoms with E-state index in [1.807, 2.05) is 6.92 Å². The Morgan fingerprint density at radius 2 is 1.88 bits per heavy atom. The average Bonchev–Trinajstić information content (AvgIpc) is 2.90. The highest BCUT2D eigenvalue weighted by Crippen LogP contribution is 2.29. The number of hydrogen-bond donors (Lipinski definition) is 2. The number of hydrogen-bond acceptors (Lipinski definition) is 5. The van der Waals surface area contributed by atoms with Gasteiger partial charge in [-0.2, -0.15) is 0 Å². The molecule has 0 radical (unpaired) electrons. The molecule has 2 N–H and O–H groups in total. The minimum absolute atomic E-state index is 0.279. The minimum Gasteiger partial charge on any atom is -0.321 e. The van der Waals surface area contributed by atoms with Crippen molar-refractivity contribution in [1.82, 2.24) is 4.98 Å². The summed E-state index contributed by atoms with van der Waals surface area (Å²) in [6, 6.07) is 6.29. The zero-order valence-corrected chi connectivity index (χ0v) is 15.7. The Morgan fingerprint density at radius 3 is 2.56 bits per heavy atom. The van der Waals surface area contributed by atoms with Crippen LogP contribution in [0.1, 0.15) is 15.2 Å². The van der Waals surface area contributed by atoms with E-state index in [2.05, 4.69) is 15.0 Å². The second-order valence-corrected chi connectivity index (χ2v) is 8.78. The van der Waals surface area contributed by atoms with Crippen molar-refractivity contribution in [3.63, 3.8) is 0 Å². The number of carbonyl (C=O) groups is 1. The molecule has 2 heterocycles. The number of pyridine rings is 1. The van der Waals surface area contributed by atoms with Crippen molar-refractivity contribution in [3.8, 4) is 0 Å². The number of rotatable bonds is 4. The summed E-state index contributed by atoms with van der Waals surface area (Å²) >= 11 is 7.37. The third-order valence-corrected chi connectivity index (χ3v) is 5.39. The molecule has 0 bridgehead atoms. The van der Waals surface area contributed by atoms with Gasteiger partial charge >= 0.3 is 0 Å². The maximum atomic E-state index is 12.5. The highest BCUT2D eigenvalue weighted by molar-refractivity contribution is 7.92. The zero-order chi connectivity index (χ0) is 18.2. The lowest BCUT2D eigenvalue weighted by molar-refractivity contribution is 0.103. The van der Waals surface area contributed by atoms with Crippen molar-refractivity contribution in [2.45, 2.75) is 6.92 Å². The Kier molecular flexibility index (Phi) is 4.68. The van der Waals surface area contributed by atoms with Crippen LogP contribution in [0.5, 0.6) is 0 Å². The first kappa shape index (κ1) is 17.7. The van der Waals surface area contributed by atoms with Gasteiger partial charge in [0.05, 0.1) is 16.8 Å². The molecule has 25 heavy (non-hydrogen) atoms. The molecule has 2 aromatic heterocycles. The van der Waals surface area contributed by atoms with Crippen LogP contribution in [-0.2, 0) is 10.0 Å². The highest BCUT2D eigenvalue weighted by Gasteiger charge is 2.13.